The number of halogens is 2. The highest BCUT2D eigenvalue weighted by molar-refractivity contribution is 6.42. The molecule has 0 fully saturated rings. The molecule has 1 rings (SSSR count). The van der Waals surface area contributed by atoms with Crippen molar-refractivity contribution in [3.8, 4) is 0 Å². The zero-order chi connectivity index (χ0) is 15.2. The fourth-order valence-electron chi connectivity index (χ4n) is 1.43. The van der Waals surface area contributed by atoms with Gasteiger partial charge in [0.05, 0.1) is 10.0 Å². The van der Waals surface area contributed by atoms with Crippen LogP contribution >= 0.6 is 23.2 Å². The summed E-state index contributed by atoms with van der Waals surface area (Å²) in [5, 5.41) is 3.74. The largest absolute Gasteiger partial charge is 0.444 e. The fourth-order valence-corrected chi connectivity index (χ4v) is 1.80. The van der Waals surface area contributed by atoms with E-state index in [9.17, 15) is 4.79 Å². The molecular formula is C15H19Cl2NO2. The van der Waals surface area contributed by atoms with Gasteiger partial charge in [-0.3, -0.25) is 0 Å². The van der Waals surface area contributed by atoms with Gasteiger partial charge in [-0.2, -0.15) is 0 Å². The number of amides is 1. The SMILES string of the molecule is CC(C)(C)OC(=O)NCCC=Cc1cccc(Cl)c1Cl. The van der Waals surface area contributed by atoms with Crippen LogP contribution in [0.2, 0.25) is 10.0 Å². The van der Waals surface area contributed by atoms with E-state index in [2.05, 4.69) is 5.32 Å². The summed E-state index contributed by atoms with van der Waals surface area (Å²) in [6, 6.07) is 5.46. The quantitative estimate of drug-likeness (QED) is 0.801. The molecule has 5 heteroatoms. The normalized spacial score (nSPS) is 11.7. The molecule has 0 radical (unpaired) electrons. The first-order valence-electron chi connectivity index (χ1n) is 6.37. The van der Waals surface area contributed by atoms with Crippen molar-refractivity contribution in [2.24, 2.45) is 0 Å². The number of rotatable bonds is 4. The average molecular weight is 316 g/mol. The van der Waals surface area contributed by atoms with Gasteiger partial charge in [-0.1, -0.05) is 47.5 Å². The number of nitrogens with one attached hydrogen (secondary N) is 1. The zero-order valence-corrected chi connectivity index (χ0v) is 13.4. The number of benzene rings is 1. The third kappa shape index (κ3) is 6.31. The lowest BCUT2D eigenvalue weighted by atomic mass is 10.2. The van der Waals surface area contributed by atoms with Crippen LogP contribution in [0.15, 0.2) is 24.3 Å². The third-order valence-corrected chi connectivity index (χ3v) is 3.09. The molecule has 0 spiro atoms. The maximum Gasteiger partial charge on any atom is 0.407 e. The van der Waals surface area contributed by atoms with Crippen molar-refractivity contribution in [3.05, 3.63) is 39.9 Å². The summed E-state index contributed by atoms with van der Waals surface area (Å²) < 4.78 is 5.12. The molecule has 110 valence electrons. The Balaban J connectivity index is 2.36. The summed E-state index contributed by atoms with van der Waals surface area (Å²) in [6.45, 7) is 5.98. The Hall–Kier alpha value is -1.19. The van der Waals surface area contributed by atoms with Gasteiger partial charge in [0.1, 0.15) is 5.60 Å². The summed E-state index contributed by atoms with van der Waals surface area (Å²) >= 11 is 12.0. The Labute approximate surface area is 129 Å². The van der Waals surface area contributed by atoms with E-state index < -0.39 is 11.7 Å². The van der Waals surface area contributed by atoms with E-state index in [-0.39, 0.29) is 0 Å². The van der Waals surface area contributed by atoms with Crippen molar-refractivity contribution in [2.75, 3.05) is 6.54 Å². The number of alkyl carbamates (subject to hydrolysis) is 1. The molecule has 0 unspecified atom stereocenters. The van der Waals surface area contributed by atoms with Crippen LogP contribution in [-0.2, 0) is 4.74 Å². The minimum Gasteiger partial charge on any atom is -0.444 e. The van der Waals surface area contributed by atoms with Gasteiger partial charge in [-0.25, -0.2) is 4.79 Å². The first kappa shape index (κ1) is 16.9. The standard InChI is InChI=1S/C15H19Cl2NO2/c1-15(2,3)20-14(19)18-10-5-4-7-11-8-6-9-12(16)13(11)17/h4,6-9H,5,10H2,1-3H3,(H,18,19). The lowest BCUT2D eigenvalue weighted by Crippen LogP contribution is -2.32. The second-order valence-electron chi connectivity index (χ2n) is 5.26. The molecular weight excluding hydrogens is 297 g/mol. The minimum absolute atomic E-state index is 0.410. The molecule has 0 aliphatic heterocycles. The van der Waals surface area contributed by atoms with E-state index in [4.69, 9.17) is 27.9 Å². The summed E-state index contributed by atoms with van der Waals surface area (Å²) in [7, 11) is 0. The lowest BCUT2D eigenvalue weighted by Gasteiger charge is -2.19. The van der Waals surface area contributed by atoms with E-state index in [1.54, 1.807) is 6.07 Å². The second kappa shape index (κ2) is 7.55. The van der Waals surface area contributed by atoms with Gasteiger partial charge >= 0.3 is 6.09 Å². The molecule has 1 aromatic carbocycles. The van der Waals surface area contributed by atoms with Gasteiger partial charge in [0, 0.05) is 6.54 Å². The molecule has 0 bridgehead atoms. The minimum atomic E-state index is -0.478. The van der Waals surface area contributed by atoms with Crippen LogP contribution < -0.4 is 5.32 Å². The number of carbonyl (C=O) groups excluding carboxylic acids is 1. The monoisotopic (exact) mass is 315 g/mol. The predicted octanol–water partition coefficient (Wildman–Crippen LogP) is 4.92. The molecule has 0 aromatic heterocycles. The van der Waals surface area contributed by atoms with Crippen molar-refractivity contribution in [1.82, 2.24) is 5.32 Å². The van der Waals surface area contributed by atoms with Crippen molar-refractivity contribution in [2.45, 2.75) is 32.8 Å². The van der Waals surface area contributed by atoms with Crippen LogP contribution in [-0.4, -0.2) is 18.2 Å². The van der Waals surface area contributed by atoms with Crippen molar-refractivity contribution in [3.63, 3.8) is 0 Å². The summed E-state index contributed by atoms with van der Waals surface area (Å²) in [6.07, 6.45) is 4.08. The first-order valence-corrected chi connectivity index (χ1v) is 7.12. The Kier molecular flexibility index (Phi) is 6.37. The molecule has 1 aromatic rings. The number of hydrogen-bond acceptors (Lipinski definition) is 2. The average Bonchev–Trinajstić information content (AvgIpc) is 2.31. The highest BCUT2D eigenvalue weighted by Gasteiger charge is 2.15. The van der Waals surface area contributed by atoms with Gasteiger partial charge in [-0.05, 0) is 38.8 Å². The molecule has 3 nitrogen and oxygen atoms in total. The van der Waals surface area contributed by atoms with Gasteiger partial charge in [0.25, 0.3) is 0 Å². The topological polar surface area (TPSA) is 38.3 Å². The summed E-state index contributed by atoms with van der Waals surface area (Å²) in [5.41, 5.74) is 0.380. The molecule has 0 aliphatic rings. The fraction of sp³-hybridized carbons (Fsp3) is 0.400. The van der Waals surface area contributed by atoms with Crippen LogP contribution in [0.4, 0.5) is 4.79 Å². The van der Waals surface area contributed by atoms with Crippen LogP contribution in [0.5, 0.6) is 0 Å². The lowest BCUT2D eigenvalue weighted by molar-refractivity contribution is 0.0529. The predicted molar refractivity (Wildman–Crippen MR) is 84.3 cm³/mol. The number of carbonyl (C=O) groups is 1. The van der Waals surface area contributed by atoms with E-state index >= 15 is 0 Å². The molecule has 0 saturated carbocycles. The van der Waals surface area contributed by atoms with Crippen molar-refractivity contribution < 1.29 is 9.53 Å². The highest BCUT2D eigenvalue weighted by Crippen LogP contribution is 2.26. The Morgan fingerprint density at radius 3 is 2.70 bits per heavy atom. The van der Waals surface area contributed by atoms with Gasteiger partial charge in [0.15, 0.2) is 0 Å². The van der Waals surface area contributed by atoms with Gasteiger partial charge < -0.3 is 10.1 Å². The zero-order valence-electron chi connectivity index (χ0n) is 11.9. The maximum absolute atomic E-state index is 11.4. The van der Waals surface area contributed by atoms with Gasteiger partial charge in [-0.15, -0.1) is 0 Å². The Bertz CT molecular complexity index is 493. The van der Waals surface area contributed by atoms with E-state index in [1.165, 1.54) is 0 Å². The Morgan fingerprint density at radius 1 is 1.35 bits per heavy atom. The molecule has 1 N–H and O–H groups in total. The van der Waals surface area contributed by atoms with Crippen molar-refractivity contribution in [1.29, 1.82) is 0 Å². The molecule has 0 heterocycles. The number of hydrogen-bond donors (Lipinski definition) is 1. The van der Waals surface area contributed by atoms with E-state index in [0.29, 0.717) is 23.0 Å². The van der Waals surface area contributed by atoms with E-state index in [0.717, 1.165) is 5.56 Å². The van der Waals surface area contributed by atoms with Gasteiger partial charge in [0.2, 0.25) is 0 Å². The maximum atomic E-state index is 11.4. The van der Waals surface area contributed by atoms with E-state index in [1.807, 2.05) is 45.1 Å². The Morgan fingerprint density at radius 2 is 2.05 bits per heavy atom. The highest BCUT2D eigenvalue weighted by atomic mass is 35.5. The summed E-state index contributed by atoms with van der Waals surface area (Å²) in [4.78, 5) is 11.4. The third-order valence-electron chi connectivity index (χ3n) is 2.26. The van der Waals surface area contributed by atoms with Crippen LogP contribution in [0.25, 0.3) is 6.08 Å². The van der Waals surface area contributed by atoms with Crippen LogP contribution in [0.1, 0.15) is 32.8 Å². The second-order valence-corrected chi connectivity index (χ2v) is 6.05. The van der Waals surface area contributed by atoms with Crippen LogP contribution in [0, 0.1) is 0 Å². The van der Waals surface area contributed by atoms with Crippen LogP contribution in [0.3, 0.4) is 0 Å². The number of ether oxygens (including phenoxy) is 1. The smallest absolute Gasteiger partial charge is 0.407 e. The molecule has 1 amide bonds. The molecule has 0 atom stereocenters. The summed E-state index contributed by atoms with van der Waals surface area (Å²) in [5.74, 6) is 0. The molecule has 20 heavy (non-hydrogen) atoms. The molecule has 0 saturated heterocycles. The first-order chi connectivity index (χ1) is 9.29. The molecule has 0 aliphatic carbocycles. The van der Waals surface area contributed by atoms with Crippen molar-refractivity contribution >= 4 is 35.4 Å².